The molecule has 0 radical (unpaired) electrons. The van der Waals surface area contributed by atoms with E-state index in [1.54, 1.807) is 37.3 Å². The summed E-state index contributed by atoms with van der Waals surface area (Å²) in [6, 6.07) is 21.9. The molecule has 0 atom stereocenters. The third-order valence-corrected chi connectivity index (χ3v) is 13.2. The molecule has 0 aliphatic heterocycles. The Labute approximate surface area is 375 Å². The first-order valence-corrected chi connectivity index (χ1v) is 24.5. The molecule has 0 unspecified atom stereocenters. The van der Waals surface area contributed by atoms with E-state index in [1.807, 2.05) is 19.1 Å². The van der Waals surface area contributed by atoms with Gasteiger partial charge in [-0.3, -0.25) is 18.2 Å². The van der Waals surface area contributed by atoms with Gasteiger partial charge in [-0.05, 0) is 127 Å². The highest BCUT2D eigenvalue weighted by Gasteiger charge is 2.23. The SMILES string of the molecule is Cc1cc(Nc2nc(Cl)nc(Nc3ccc(N=Nc4cc(S(=O)(=O)O)c5cccc(S(=O)(=O)O)c5c4)c(C)c3)n2)ccc1CC=C=Nc1cc(S(=O)(=O)O)c2cccc(S(=O)(=O)O)c2c1. The van der Waals surface area contributed by atoms with Crippen molar-refractivity contribution in [1.29, 1.82) is 0 Å². The highest BCUT2D eigenvalue weighted by molar-refractivity contribution is 7.87. The smallest absolute Gasteiger partial charge is 0.295 e. The van der Waals surface area contributed by atoms with E-state index in [1.165, 1.54) is 36.4 Å². The molecule has 7 rings (SSSR count). The average molecular weight is 979 g/mol. The van der Waals surface area contributed by atoms with Crippen LogP contribution in [0, 0.1) is 13.8 Å². The number of rotatable bonds is 13. The number of azo groups is 1. The van der Waals surface area contributed by atoms with Crippen molar-refractivity contribution < 1.29 is 51.9 Å². The second kappa shape index (κ2) is 17.8. The van der Waals surface area contributed by atoms with E-state index in [4.69, 9.17) is 11.6 Å². The number of nitrogens with one attached hydrogen (secondary N) is 2. The number of allylic oxidation sites excluding steroid dienone is 1. The minimum Gasteiger partial charge on any atom is -0.324 e. The number of hydrogen-bond donors (Lipinski definition) is 6. The number of nitrogens with zero attached hydrogens (tertiary/aromatic N) is 6. The fraction of sp³-hybridized carbons (Fsp3) is 0.0750. The number of aryl methyl sites for hydroxylation is 2. The molecule has 0 amide bonds. The van der Waals surface area contributed by atoms with Crippen LogP contribution < -0.4 is 10.6 Å². The second-order valence-electron chi connectivity index (χ2n) is 14.0. The monoisotopic (exact) mass is 978 g/mol. The van der Waals surface area contributed by atoms with Gasteiger partial charge in [0.1, 0.15) is 19.6 Å². The zero-order chi connectivity index (χ0) is 47.1. The molecular formula is C40H31ClN8O12S4. The van der Waals surface area contributed by atoms with E-state index < -0.39 is 60.1 Å². The second-order valence-corrected chi connectivity index (χ2v) is 19.9. The van der Waals surface area contributed by atoms with Gasteiger partial charge in [-0.15, -0.1) is 0 Å². The summed E-state index contributed by atoms with van der Waals surface area (Å²) in [4.78, 5) is 14.4. The van der Waals surface area contributed by atoms with E-state index in [9.17, 15) is 51.9 Å². The lowest BCUT2D eigenvalue weighted by atomic mass is 10.1. The summed E-state index contributed by atoms with van der Waals surface area (Å²) < 4.78 is 136. The highest BCUT2D eigenvalue weighted by atomic mass is 35.5. The molecule has 1 aromatic heterocycles. The van der Waals surface area contributed by atoms with Gasteiger partial charge in [-0.1, -0.05) is 30.3 Å². The Kier molecular flexibility index (Phi) is 12.7. The molecular weight excluding hydrogens is 948 g/mol. The van der Waals surface area contributed by atoms with E-state index in [0.717, 1.165) is 35.4 Å². The van der Waals surface area contributed by atoms with Crippen LogP contribution in [0.1, 0.15) is 16.7 Å². The number of benzene rings is 6. The summed E-state index contributed by atoms with van der Waals surface area (Å²) in [6.07, 6.45) is 1.88. The summed E-state index contributed by atoms with van der Waals surface area (Å²) in [5.74, 6) is 2.87. The zero-order valence-corrected chi connectivity index (χ0v) is 37.3. The van der Waals surface area contributed by atoms with Crippen molar-refractivity contribution in [1.82, 2.24) is 15.0 Å². The van der Waals surface area contributed by atoms with Gasteiger partial charge in [0, 0.05) is 32.9 Å². The number of fused-ring (bicyclic) bond motifs is 2. The molecule has 334 valence electrons. The first kappa shape index (κ1) is 46.4. The highest BCUT2D eigenvalue weighted by Crippen LogP contribution is 2.36. The van der Waals surface area contributed by atoms with Crippen LogP contribution in [0.25, 0.3) is 21.5 Å². The fourth-order valence-electron chi connectivity index (χ4n) is 6.57. The fourth-order valence-corrected chi connectivity index (χ4v) is 9.58. The topological polar surface area (TPSA) is 317 Å². The van der Waals surface area contributed by atoms with Crippen LogP contribution in [-0.2, 0) is 46.9 Å². The Morgan fingerprint density at radius 3 is 1.57 bits per heavy atom. The zero-order valence-electron chi connectivity index (χ0n) is 33.3. The molecule has 0 aliphatic rings. The number of aromatic nitrogens is 3. The molecule has 20 nitrogen and oxygen atoms in total. The molecule has 0 aliphatic carbocycles. The van der Waals surface area contributed by atoms with Crippen molar-refractivity contribution in [2.24, 2.45) is 15.2 Å². The van der Waals surface area contributed by atoms with Gasteiger partial charge in [0.15, 0.2) is 0 Å². The molecule has 6 aromatic carbocycles. The molecule has 0 bridgehead atoms. The van der Waals surface area contributed by atoms with Gasteiger partial charge in [-0.2, -0.15) is 58.9 Å². The molecule has 0 fully saturated rings. The normalized spacial score (nSPS) is 12.4. The summed E-state index contributed by atoms with van der Waals surface area (Å²) in [5, 5.41) is 13.6. The van der Waals surface area contributed by atoms with Crippen molar-refractivity contribution in [3.05, 3.63) is 125 Å². The summed E-state index contributed by atoms with van der Waals surface area (Å²) in [5.41, 5.74) is 3.52. The largest absolute Gasteiger partial charge is 0.324 e. The van der Waals surface area contributed by atoms with Gasteiger partial charge < -0.3 is 10.6 Å². The number of hydrogen-bond acceptors (Lipinski definition) is 16. The van der Waals surface area contributed by atoms with Crippen LogP contribution in [0.4, 0.5) is 40.3 Å². The predicted octanol–water partition coefficient (Wildman–Crippen LogP) is 8.44. The van der Waals surface area contributed by atoms with Crippen molar-refractivity contribution in [3.8, 4) is 0 Å². The third-order valence-electron chi connectivity index (χ3n) is 9.46. The predicted molar refractivity (Wildman–Crippen MR) is 240 cm³/mol. The molecule has 65 heavy (non-hydrogen) atoms. The van der Waals surface area contributed by atoms with Gasteiger partial charge in [0.05, 0.1) is 17.1 Å². The minimum absolute atomic E-state index is 0.0471. The molecule has 0 saturated heterocycles. The Morgan fingerprint density at radius 1 is 0.569 bits per heavy atom. The maximum absolute atomic E-state index is 12.2. The molecule has 0 spiro atoms. The van der Waals surface area contributed by atoms with Crippen LogP contribution in [0.2, 0.25) is 5.28 Å². The third kappa shape index (κ3) is 10.9. The van der Waals surface area contributed by atoms with E-state index in [0.29, 0.717) is 29.0 Å². The Bertz CT molecular complexity index is 3680. The lowest BCUT2D eigenvalue weighted by Gasteiger charge is -2.11. The molecule has 25 heteroatoms. The standard InChI is InChI=1S/C40H31ClN8O12S4/c1-22-16-25(12-11-24(22)6-5-15-42-27-18-31-29(36(20-27)64(56,57)58)7-3-9-34(31)62(50,51)52)43-39-45-38(41)46-40(47-39)44-26-13-14-33(23(2)17-26)49-48-28-19-32-30(37(21-28)65(59,60)61)8-4-10-35(32)63(53,54)55/h3-5,7-14,16-21H,6H2,1-2H3,(H,50,51,52)(H,53,54,55)(H,56,57,58)(H,59,60,61)(H2,43,44,45,46,47). The molecule has 1 heterocycles. The lowest BCUT2D eigenvalue weighted by Crippen LogP contribution is -2.04. The van der Waals surface area contributed by atoms with E-state index in [-0.39, 0.29) is 50.1 Å². The van der Waals surface area contributed by atoms with Crippen molar-refractivity contribution in [2.75, 3.05) is 10.6 Å². The van der Waals surface area contributed by atoms with Crippen molar-refractivity contribution in [2.45, 2.75) is 39.9 Å². The number of halogens is 1. The van der Waals surface area contributed by atoms with E-state index >= 15 is 0 Å². The van der Waals surface area contributed by atoms with Crippen LogP contribution in [0.3, 0.4) is 0 Å². The first-order chi connectivity index (χ1) is 30.4. The van der Waals surface area contributed by atoms with Gasteiger partial charge in [0.2, 0.25) is 17.2 Å². The summed E-state index contributed by atoms with van der Waals surface area (Å²) in [6.45, 7) is 3.56. The molecule has 7 aromatic rings. The number of aliphatic imine (C=N–C) groups is 1. The minimum atomic E-state index is -4.85. The maximum Gasteiger partial charge on any atom is 0.295 e. The molecule has 6 N–H and O–H groups in total. The van der Waals surface area contributed by atoms with Crippen LogP contribution >= 0.6 is 11.6 Å². The van der Waals surface area contributed by atoms with Crippen molar-refractivity contribution >= 4 is 120 Å². The van der Waals surface area contributed by atoms with Gasteiger partial charge in [-0.25, -0.2) is 4.99 Å². The average Bonchev–Trinajstić information content (AvgIpc) is 3.20. The summed E-state index contributed by atoms with van der Waals surface area (Å²) >= 11 is 6.24. The van der Waals surface area contributed by atoms with Crippen LogP contribution in [0.15, 0.2) is 138 Å². The maximum atomic E-state index is 12.2. The Balaban J connectivity index is 1.05. The number of anilines is 4. The van der Waals surface area contributed by atoms with Crippen molar-refractivity contribution in [3.63, 3.8) is 0 Å². The van der Waals surface area contributed by atoms with Gasteiger partial charge in [0.25, 0.3) is 40.5 Å². The van der Waals surface area contributed by atoms with E-state index in [2.05, 4.69) is 46.7 Å². The summed E-state index contributed by atoms with van der Waals surface area (Å²) in [7, 11) is -19.2. The van der Waals surface area contributed by atoms with Crippen LogP contribution in [0.5, 0.6) is 0 Å². The lowest BCUT2D eigenvalue weighted by molar-refractivity contribution is 0.481. The Morgan fingerprint density at radius 2 is 1.06 bits per heavy atom. The Hall–Kier alpha value is -6.57. The molecule has 0 saturated carbocycles. The van der Waals surface area contributed by atoms with Gasteiger partial charge >= 0.3 is 0 Å². The van der Waals surface area contributed by atoms with Crippen LogP contribution in [-0.4, -0.2) is 72.7 Å². The quantitative estimate of drug-likeness (QED) is 0.0358. The first-order valence-electron chi connectivity index (χ1n) is 18.3.